The number of rotatable bonds is 29. The van der Waals surface area contributed by atoms with E-state index in [9.17, 15) is 0 Å². The Hall–Kier alpha value is -0.790. The molecule has 0 aliphatic rings. The van der Waals surface area contributed by atoms with Crippen LogP contribution in [0.2, 0.25) is 0 Å². The molecule has 0 atom stereocenters. The minimum atomic E-state index is 1.22. The molecule has 218 valence electrons. The second-order valence-corrected chi connectivity index (χ2v) is 12.0. The van der Waals surface area contributed by atoms with Crippen LogP contribution in [0.25, 0.3) is 0 Å². The maximum Gasteiger partial charge on any atom is 0.256 e. The van der Waals surface area contributed by atoms with Crippen molar-refractivity contribution in [3.05, 3.63) is 18.2 Å². The molecule has 0 N–H and O–H groups in total. The molecule has 2 nitrogen and oxygen atoms in total. The zero-order valence-electron chi connectivity index (χ0n) is 26.1. The van der Waals surface area contributed by atoms with E-state index in [0.717, 1.165) is 0 Å². The van der Waals surface area contributed by atoms with Crippen LogP contribution in [0.4, 0.5) is 0 Å². The van der Waals surface area contributed by atoms with E-state index < -0.39 is 0 Å². The molecule has 0 bridgehead atoms. The molecule has 0 unspecified atom stereocenters. The van der Waals surface area contributed by atoms with E-state index in [1.54, 1.807) is 5.82 Å². The highest BCUT2D eigenvalue weighted by Gasteiger charge is 2.16. The van der Waals surface area contributed by atoms with Crippen LogP contribution in [0.5, 0.6) is 0 Å². The lowest BCUT2D eigenvalue weighted by molar-refractivity contribution is -0.704. The van der Waals surface area contributed by atoms with Gasteiger partial charge in [0.1, 0.15) is 12.4 Å². The molecule has 0 amide bonds. The largest absolute Gasteiger partial charge is 0.256 e. The van der Waals surface area contributed by atoms with Gasteiger partial charge in [-0.05, 0) is 32.1 Å². The van der Waals surface area contributed by atoms with Gasteiger partial charge in [0.2, 0.25) is 0 Å². The summed E-state index contributed by atoms with van der Waals surface area (Å²) in [4.78, 5) is 0. The highest BCUT2D eigenvalue weighted by atomic mass is 15.1. The molecule has 1 heterocycles. The van der Waals surface area contributed by atoms with Crippen LogP contribution in [0.1, 0.15) is 194 Å². The maximum absolute atomic E-state index is 2.60. The minimum absolute atomic E-state index is 1.22. The maximum atomic E-state index is 2.60. The van der Waals surface area contributed by atoms with Crippen molar-refractivity contribution in [3.63, 3.8) is 0 Å². The average molecular weight is 518 g/mol. The quantitative estimate of drug-likeness (QED) is 0.0737. The Labute approximate surface area is 234 Å². The molecule has 1 rings (SSSR count). The lowest BCUT2D eigenvalue weighted by atomic mass is 10.0. The van der Waals surface area contributed by atoms with E-state index >= 15 is 0 Å². The molecule has 0 aliphatic heterocycles. The first-order chi connectivity index (χ1) is 18.3. The molecule has 0 fully saturated rings. The summed E-state index contributed by atoms with van der Waals surface area (Å²) in [7, 11) is 0. The zero-order valence-corrected chi connectivity index (χ0v) is 26.1. The molecule has 0 radical (unpaired) electrons. The van der Waals surface area contributed by atoms with Gasteiger partial charge >= 0.3 is 0 Å². The van der Waals surface area contributed by atoms with Gasteiger partial charge in [0.25, 0.3) is 5.82 Å². The Morgan fingerprint density at radius 1 is 0.459 bits per heavy atom. The van der Waals surface area contributed by atoms with Crippen molar-refractivity contribution < 1.29 is 4.57 Å². The molecule has 37 heavy (non-hydrogen) atoms. The van der Waals surface area contributed by atoms with Gasteiger partial charge in [-0.15, -0.1) is 0 Å². The molecule has 2 heteroatoms. The van der Waals surface area contributed by atoms with E-state index in [0.29, 0.717) is 0 Å². The summed E-state index contributed by atoms with van der Waals surface area (Å²) in [5.74, 6) is 1.60. The fourth-order valence-corrected chi connectivity index (χ4v) is 5.80. The van der Waals surface area contributed by atoms with E-state index in [2.05, 4.69) is 42.3 Å². The third kappa shape index (κ3) is 19.9. The smallest absolute Gasteiger partial charge is 0.234 e. The second kappa shape index (κ2) is 26.8. The van der Waals surface area contributed by atoms with E-state index in [-0.39, 0.29) is 0 Å². The Morgan fingerprint density at radius 2 is 0.838 bits per heavy atom. The summed E-state index contributed by atoms with van der Waals surface area (Å²) >= 11 is 0. The fourth-order valence-electron chi connectivity index (χ4n) is 5.80. The third-order valence-corrected chi connectivity index (χ3v) is 8.35. The van der Waals surface area contributed by atoms with Crippen LogP contribution in [0.15, 0.2) is 12.4 Å². The van der Waals surface area contributed by atoms with Crippen molar-refractivity contribution in [2.45, 2.75) is 207 Å². The van der Waals surface area contributed by atoms with Gasteiger partial charge in [0.15, 0.2) is 0 Å². The predicted molar refractivity (Wildman–Crippen MR) is 165 cm³/mol. The Balaban J connectivity index is 2.10. The van der Waals surface area contributed by atoms with Gasteiger partial charge < -0.3 is 0 Å². The van der Waals surface area contributed by atoms with Gasteiger partial charge in [-0.25, -0.2) is 9.13 Å². The van der Waals surface area contributed by atoms with Crippen LogP contribution < -0.4 is 4.57 Å². The highest BCUT2D eigenvalue weighted by molar-refractivity contribution is 4.84. The summed E-state index contributed by atoms with van der Waals surface area (Å²) < 4.78 is 5.19. The van der Waals surface area contributed by atoms with Crippen LogP contribution >= 0.6 is 0 Å². The van der Waals surface area contributed by atoms with E-state index in [4.69, 9.17) is 0 Å². The SMILES string of the molecule is CCCCCCCCCCCCCCCCCC[n+]1ccn(CCCCCCCCC)c1CCCCC. The standard InChI is InChI=1S/C35H69N2/c1-4-7-10-12-14-15-16-17-18-19-20-21-22-24-26-29-32-37-34-33-36(35(37)30-27-9-6-3)31-28-25-23-13-11-8-5-2/h33-34H,4-32H2,1-3H3/q+1. The lowest BCUT2D eigenvalue weighted by Gasteiger charge is -2.06. The molecule has 0 aliphatic carbocycles. The Morgan fingerprint density at radius 3 is 1.30 bits per heavy atom. The average Bonchev–Trinajstić information content (AvgIpc) is 3.29. The molecule has 0 saturated heterocycles. The number of nitrogens with zero attached hydrogens (tertiary/aromatic N) is 2. The van der Waals surface area contributed by atoms with Crippen molar-refractivity contribution in [1.29, 1.82) is 0 Å². The summed E-state index contributed by atoms with van der Waals surface area (Å²) in [6.45, 7) is 9.38. The summed E-state index contributed by atoms with van der Waals surface area (Å²) in [6, 6.07) is 0. The minimum Gasteiger partial charge on any atom is -0.234 e. The number of unbranched alkanes of at least 4 members (excludes halogenated alkanes) is 23. The van der Waals surface area contributed by atoms with Gasteiger partial charge in [-0.1, -0.05) is 156 Å². The first-order valence-corrected chi connectivity index (χ1v) is 17.4. The molecule has 1 aromatic rings. The molecule has 0 aromatic carbocycles. The summed E-state index contributed by atoms with van der Waals surface area (Å²) in [6.07, 6.45) is 43.0. The Kier molecular flexibility index (Phi) is 24.8. The van der Waals surface area contributed by atoms with Crippen LogP contribution in [-0.2, 0) is 19.5 Å². The van der Waals surface area contributed by atoms with Gasteiger partial charge in [0, 0.05) is 6.42 Å². The van der Waals surface area contributed by atoms with Crippen LogP contribution in [0, 0.1) is 0 Å². The number of aromatic nitrogens is 2. The van der Waals surface area contributed by atoms with Crippen molar-refractivity contribution in [2.24, 2.45) is 0 Å². The predicted octanol–water partition coefficient (Wildman–Crippen LogP) is 11.5. The zero-order chi connectivity index (χ0) is 26.7. The van der Waals surface area contributed by atoms with Crippen molar-refractivity contribution >= 4 is 0 Å². The number of imidazole rings is 1. The molecular weight excluding hydrogens is 448 g/mol. The molecule has 1 aromatic heterocycles. The molecule has 0 spiro atoms. The molecule has 0 saturated carbocycles. The van der Waals surface area contributed by atoms with Crippen molar-refractivity contribution in [1.82, 2.24) is 4.57 Å². The van der Waals surface area contributed by atoms with Gasteiger partial charge in [0.05, 0.1) is 13.1 Å². The lowest BCUT2D eigenvalue weighted by Crippen LogP contribution is -2.37. The Bertz CT molecular complexity index is 576. The normalized spacial score (nSPS) is 11.5. The second-order valence-electron chi connectivity index (χ2n) is 12.0. The fraction of sp³-hybridized carbons (Fsp3) is 0.914. The van der Waals surface area contributed by atoms with E-state index in [1.165, 1.54) is 186 Å². The van der Waals surface area contributed by atoms with E-state index in [1.807, 2.05) is 0 Å². The number of hydrogen-bond donors (Lipinski definition) is 0. The number of aryl methyl sites for hydroxylation is 2. The van der Waals surface area contributed by atoms with Crippen molar-refractivity contribution in [2.75, 3.05) is 0 Å². The number of hydrogen-bond acceptors (Lipinski definition) is 0. The topological polar surface area (TPSA) is 8.81 Å². The summed E-state index contributed by atoms with van der Waals surface area (Å²) in [5, 5.41) is 0. The third-order valence-electron chi connectivity index (χ3n) is 8.35. The summed E-state index contributed by atoms with van der Waals surface area (Å²) in [5.41, 5.74) is 0. The first-order valence-electron chi connectivity index (χ1n) is 17.4. The molecular formula is C35H69N2+. The van der Waals surface area contributed by atoms with Crippen LogP contribution in [-0.4, -0.2) is 4.57 Å². The van der Waals surface area contributed by atoms with Crippen LogP contribution in [0.3, 0.4) is 0 Å². The highest BCUT2D eigenvalue weighted by Crippen LogP contribution is 2.14. The van der Waals surface area contributed by atoms with Gasteiger partial charge in [-0.2, -0.15) is 0 Å². The first kappa shape index (κ1) is 34.2. The monoisotopic (exact) mass is 518 g/mol. The van der Waals surface area contributed by atoms with Gasteiger partial charge in [-0.3, -0.25) is 0 Å². The van der Waals surface area contributed by atoms with Crippen molar-refractivity contribution in [3.8, 4) is 0 Å².